The van der Waals surface area contributed by atoms with Gasteiger partial charge in [0.2, 0.25) is 5.91 Å². The lowest BCUT2D eigenvalue weighted by Gasteiger charge is -2.15. The zero-order valence-electron chi connectivity index (χ0n) is 13.7. The van der Waals surface area contributed by atoms with E-state index in [4.69, 9.17) is 0 Å². The van der Waals surface area contributed by atoms with Crippen molar-refractivity contribution in [1.82, 2.24) is 14.9 Å². The number of ketones is 1. The van der Waals surface area contributed by atoms with E-state index in [0.29, 0.717) is 11.4 Å². The molecule has 0 saturated carbocycles. The van der Waals surface area contributed by atoms with E-state index >= 15 is 0 Å². The number of benzene rings is 2. The number of aromatic nitrogens is 2. The van der Waals surface area contributed by atoms with Crippen LogP contribution < -0.4 is 5.32 Å². The van der Waals surface area contributed by atoms with Crippen LogP contribution in [0.1, 0.15) is 36.1 Å². The molecule has 0 fully saturated rings. The Morgan fingerprint density at radius 1 is 1.08 bits per heavy atom. The molecule has 1 atom stereocenters. The normalized spacial score (nSPS) is 12.1. The van der Waals surface area contributed by atoms with Gasteiger partial charge in [-0.2, -0.15) is 0 Å². The van der Waals surface area contributed by atoms with Gasteiger partial charge in [0.15, 0.2) is 5.78 Å². The largest absolute Gasteiger partial charge is 0.347 e. The molecule has 3 rings (SSSR count). The second-order valence-electron chi connectivity index (χ2n) is 5.76. The summed E-state index contributed by atoms with van der Waals surface area (Å²) in [7, 11) is 0. The Balaban J connectivity index is 2.01. The van der Waals surface area contributed by atoms with Crippen LogP contribution in [0.2, 0.25) is 0 Å². The van der Waals surface area contributed by atoms with Crippen LogP contribution in [-0.4, -0.2) is 21.2 Å². The van der Waals surface area contributed by atoms with Crippen LogP contribution in [0, 0.1) is 0 Å². The summed E-state index contributed by atoms with van der Waals surface area (Å²) in [6.45, 7) is 3.52. The van der Waals surface area contributed by atoms with Gasteiger partial charge in [-0.25, -0.2) is 4.98 Å². The smallest absolute Gasteiger partial charge is 0.217 e. The average molecular weight is 321 g/mol. The Bertz CT molecular complexity index is 884. The van der Waals surface area contributed by atoms with Crippen molar-refractivity contribution in [2.75, 3.05) is 0 Å². The molecular formula is C19H19N3O2. The number of nitrogens with one attached hydrogen (secondary N) is 1. The lowest BCUT2D eigenvalue weighted by Crippen LogP contribution is -2.27. The fourth-order valence-corrected chi connectivity index (χ4v) is 2.82. The van der Waals surface area contributed by atoms with Crippen molar-refractivity contribution in [3.63, 3.8) is 0 Å². The number of imidazole rings is 1. The summed E-state index contributed by atoms with van der Waals surface area (Å²) in [5, 5.41) is 2.84. The molecule has 1 aromatic heterocycles. The minimum atomic E-state index is -0.279. The Hall–Kier alpha value is -2.95. The number of rotatable bonds is 5. The van der Waals surface area contributed by atoms with E-state index in [0.717, 1.165) is 11.0 Å². The number of hydrogen-bond acceptors (Lipinski definition) is 3. The van der Waals surface area contributed by atoms with E-state index in [1.165, 1.54) is 6.92 Å². The SMILES string of the molecule is CC(=O)NC(C)c1nc2ccccc2n1CC(=O)c1ccccc1. The van der Waals surface area contributed by atoms with Crippen molar-refractivity contribution in [2.24, 2.45) is 0 Å². The minimum Gasteiger partial charge on any atom is -0.347 e. The quantitative estimate of drug-likeness (QED) is 0.734. The van der Waals surface area contributed by atoms with Crippen molar-refractivity contribution in [1.29, 1.82) is 0 Å². The Morgan fingerprint density at radius 3 is 2.46 bits per heavy atom. The second kappa shape index (κ2) is 6.66. The van der Waals surface area contributed by atoms with Gasteiger partial charge in [0.1, 0.15) is 5.82 Å². The van der Waals surface area contributed by atoms with Crippen molar-refractivity contribution < 1.29 is 9.59 Å². The average Bonchev–Trinajstić information content (AvgIpc) is 2.94. The molecule has 1 amide bonds. The van der Waals surface area contributed by atoms with Crippen LogP contribution in [0.15, 0.2) is 54.6 Å². The number of Topliss-reactive ketones (excluding diaryl/α,β-unsaturated/α-hetero) is 1. The fourth-order valence-electron chi connectivity index (χ4n) is 2.82. The predicted molar refractivity (Wildman–Crippen MR) is 92.7 cm³/mol. The first-order valence-electron chi connectivity index (χ1n) is 7.87. The highest BCUT2D eigenvalue weighted by atomic mass is 16.1. The molecule has 1 unspecified atom stereocenters. The standard InChI is InChI=1S/C19H19N3O2/c1-13(20-14(2)23)19-21-16-10-6-7-11-17(16)22(19)12-18(24)15-8-4-3-5-9-15/h3-11,13H,12H2,1-2H3,(H,20,23). The highest BCUT2D eigenvalue weighted by molar-refractivity contribution is 5.96. The third-order valence-electron chi connectivity index (χ3n) is 3.89. The summed E-state index contributed by atoms with van der Waals surface area (Å²) in [4.78, 5) is 28.6. The van der Waals surface area contributed by atoms with E-state index in [9.17, 15) is 9.59 Å². The van der Waals surface area contributed by atoms with Gasteiger partial charge < -0.3 is 9.88 Å². The summed E-state index contributed by atoms with van der Waals surface area (Å²) in [6.07, 6.45) is 0. The van der Waals surface area contributed by atoms with E-state index in [1.807, 2.05) is 54.0 Å². The van der Waals surface area contributed by atoms with Gasteiger partial charge >= 0.3 is 0 Å². The van der Waals surface area contributed by atoms with Crippen molar-refractivity contribution in [3.05, 3.63) is 66.0 Å². The summed E-state index contributed by atoms with van der Waals surface area (Å²) in [5.74, 6) is 0.557. The lowest BCUT2D eigenvalue weighted by molar-refractivity contribution is -0.119. The van der Waals surface area contributed by atoms with Gasteiger partial charge in [0.05, 0.1) is 23.6 Å². The summed E-state index contributed by atoms with van der Waals surface area (Å²) in [6, 6.07) is 16.6. The molecule has 24 heavy (non-hydrogen) atoms. The topological polar surface area (TPSA) is 64.0 Å². The van der Waals surface area contributed by atoms with E-state index in [-0.39, 0.29) is 24.3 Å². The number of carbonyl (C=O) groups excluding carboxylic acids is 2. The molecule has 5 nitrogen and oxygen atoms in total. The predicted octanol–water partition coefficient (Wildman–Crippen LogP) is 3.12. The highest BCUT2D eigenvalue weighted by Crippen LogP contribution is 2.21. The number of carbonyl (C=O) groups is 2. The van der Waals surface area contributed by atoms with Crippen molar-refractivity contribution in [2.45, 2.75) is 26.4 Å². The molecule has 1 N–H and O–H groups in total. The number of amides is 1. The van der Waals surface area contributed by atoms with Gasteiger partial charge in [-0.05, 0) is 19.1 Å². The van der Waals surface area contributed by atoms with Crippen molar-refractivity contribution in [3.8, 4) is 0 Å². The molecule has 1 heterocycles. The maximum Gasteiger partial charge on any atom is 0.217 e. The number of para-hydroxylation sites is 2. The third-order valence-corrected chi connectivity index (χ3v) is 3.89. The number of nitrogens with zero attached hydrogens (tertiary/aromatic N) is 2. The molecule has 3 aromatic rings. The lowest BCUT2D eigenvalue weighted by atomic mass is 10.1. The zero-order chi connectivity index (χ0) is 17.1. The molecule has 0 aliphatic carbocycles. The summed E-state index contributed by atoms with van der Waals surface area (Å²) >= 11 is 0. The Labute approximate surface area is 140 Å². The summed E-state index contributed by atoms with van der Waals surface area (Å²) in [5.41, 5.74) is 2.35. The Kier molecular flexibility index (Phi) is 4.42. The first-order valence-corrected chi connectivity index (χ1v) is 7.87. The number of hydrogen-bond donors (Lipinski definition) is 1. The van der Waals surface area contributed by atoms with Crippen LogP contribution in [-0.2, 0) is 11.3 Å². The molecule has 2 aromatic carbocycles. The Morgan fingerprint density at radius 2 is 1.75 bits per heavy atom. The van der Waals surface area contributed by atoms with Crippen LogP contribution in [0.5, 0.6) is 0 Å². The van der Waals surface area contributed by atoms with Gasteiger partial charge in [-0.3, -0.25) is 9.59 Å². The van der Waals surface area contributed by atoms with Gasteiger partial charge in [-0.1, -0.05) is 42.5 Å². The van der Waals surface area contributed by atoms with E-state index in [2.05, 4.69) is 10.3 Å². The monoisotopic (exact) mass is 321 g/mol. The maximum atomic E-state index is 12.6. The van der Waals surface area contributed by atoms with Crippen LogP contribution >= 0.6 is 0 Å². The van der Waals surface area contributed by atoms with Crippen LogP contribution in [0.3, 0.4) is 0 Å². The third kappa shape index (κ3) is 3.20. The molecule has 0 saturated heterocycles. The van der Waals surface area contributed by atoms with Crippen molar-refractivity contribution >= 4 is 22.7 Å². The van der Waals surface area contributed by atoms with E-state index in [1.54, 1.807) is 12.1 Å². The first-order chi connectivity index (χ1) is 11.6. The summed E-state index contributed by atoms with van der Waals surface area (Å²) < 4.78 is 1.88. The minimum absolute atomic E-state index is 0.00929. The van der Waals surface area contributed by atoms with E-state index < -0.39 is 0 Å². The van der Waals surface area contributed by atoms with Gasteiger partial charge in [-0.15, -0.1) is 0 Å². The molecular weight excluding hydrogens is 302 g/mol. The maximum absolute atomic E-state index is 12.6. The highest BCUT2D eigenvalue weighted by Gasteiger charge is 2.19. The zero-order valence-corrected chi connectivity index (χ0v) is 13.7. The van der Waals surface area contributed by atoms with Crippen LogP contribution in [0.25, 0.3) is 11.0 Å². The van der Waals surface area contributed by atoms with Gasteiger partial charge in [0.25, 0.3) is 0 Å². The van der Waals surface area contributed by atoms with Crippen LogP contribution in [0.4, 0.5) is 0 Å². The molecule has 5 heteroatoms. The first kappa shape index (κ1) is 15.9. The molecule has 0 aliphatic heterocycles. The fraction of sp³-hybridized carbons (Fsp3) is 0.211. The molecule has 0 aliphatic rings. The second-order valence-corrected chi connectivity index (χ2v) is 5.76. The molecule has 0 radical (unpaired) electrons. The molecule has 0 spiro atoms. The van der Waals surface area contributed by atoms with Gasteiger partial charge in [0, 0.05) is 12.5 Å². The molecule has 0 bridgehead atoms. The molecule has 122 valence electrons. The number of fused-ring (bicyclic) bond motifs is 1.